The first kappa shape index (κ1) is 15.5. The van der Waals surface area contributed by atoms with Crippen LogP contribution in [-0.2, 0) is 0 Å². The van der Waals surface area contributed by atoms with Gasteiger partial charge in [0.05, 0.1) is 0 Å². The van der Waals surface area contributed by atoms with E-state index in [0.29, 0.717) is 12.0 Å². The normalized spacial score (nSPS) is 18.6. The van der Waals surface area contributed by atoms with Gasteiger partial charge in [-0.1, -0.05) is 26.0 Å². The molecule has 1 aromatic carbocycles. The summed E-state index contributed by atoms with van der Waals surface area (Å²) in [5.74, 6) is 0.510. The second kappa shape index (κ2) is 6.68. The van der Waals surface area contributed by atoms with E-state index in [9.17, 15) is 4.39 Å². The summed E-state index contributed by atoms with van der Waals surface area (Å²) in [5, 5.41) is 0. The van der Waals surface area contributed by atoms with Crippen molar-refractivity contribution in [2.75, 3.05) is 6.54 Å². The minimum absolute atomic E-state index is 0.0493. The summed E-state index contributed by atoms with van der Waals surface area (Å²) in [5.41, 5.74) is 7.38. The summed E-state index contributed by atoms with van der Waals surface area (Å²) in [6.07, 6.45) is 3.71. The van der Waals surface area contributed by atoms with Gasteiger partial charge in [0.25, 0.3) is 0 Å². The van der Waals surface area contributed by atoms with E-state index in [-0.39, 0.29) is 17.9 Å². The zero-order valence-corrected chi connectivity index (χ0v) is 12.8. The van der Waals surface area contributed by atoms with Gasteiger partial charge in [-0.2, -0.15) is 0 Å². The Balaban J connectivity index is 2.17. The van der Waals surface area contributed by atoms with E-state index in [1.54, 1.807) is 0 Å². The topological polar surface area (TPSA) is 29.3 Å². The molecule has 0 aliphatic heterocycles. The second-order valence-electron chi connectivity index (χ2n) is 6.51. The van der Waals surface area contributed by atoms with Crippen LogP contribution < -0.4 is 5.73 Å². The average molecular weight is 278 g/mol. The quantitative estimate of drug-likeness (QED) is 0.823. The Morgan fingerprint density at radius 2 is 1.80 bits per heavy atom. The van der Waals surface area contributed by atoms with Crippen LogP contribution in [0.1, 0.15) is 51.6 Å². The molecule has 1 fully saturated rings. The van der Waals surface area contributed by atoms with Crippen molar-refractivity contribution in [1.29, 1.82) is 0 Å². The number of nitrogens with zero attached hydrogens (tertiary/aromatic N) is 1. The van der Waals surface area contributed by atoms with Crippen LogP contribution in [0.2, 0.25) is 0 Å². The van der Waals surface area contributed by atoms with Gasteiger partial charge in [-0.25, -0.2) is 4.39 Å². The first-order chi connectivity index (χ1) is 9.49. The molecule has 1 saturated carbocycles. The fourth-order valence-corrected chi connectivity index (χ4v) is 2.82. The molecule has 2 unspecified atom stereocenters. The Kier molecular flexibility index (Phi) is 5.17. The SMILES string of the molecule is CC(C)CCN(C1CC1)C(c1ccc(F)cc1)C(C)N. The van der Waals surface area contributed by atoms with Crippen LogP contribution in [0, 0.1) is 11.7 Å². The minimum Gasteiger partial charge on any atom is -0.326 e. The zero-order chi connectivity index (χ0) is 14.7. The highest BCUT2D eigenvalue weighted by Gasteiger charge is 2.35. The number of hydrogen-bond donors (Lipinski definition) is 1. The summed E-state index contributed by atoms with van der Waals surface area (Å²) in [6.45, 7) is 7.64. The number of halogens is 1. The molecule has 0 aromatic heterocycles. The molecule has 2 rings (SSSR count). The van der Waals surface area contributed by atoms with Crippen molar-refractivity contribution in [2.45, 2.75) is 58.2 Å². The predicted molar refractivity (Wildman–Crippen MR) is 82.0 cm³/mol. The first-order valence-corrected chi connectivity index (χ1v) is 7.76. The fourth-order valence-electron chi connectivity index (χ4n) is 2.82. The van der Waals surface area contributed by atoms with Crippen LogP contribution in [0.4, 0.5) is 4.39 Å². The number of benzene rings is 1. The standard InChI is InChI=1S/C17H27FN2/c1-12(2)10-11-20(16-8-9-16)17(13(3)19)14-4-6-15(18)7-5-14/h4-7,12-13,16-17H,8-11,19H2,1-3H3. The summed E-state index contributed by atoms with van der Waals surface area (Å²) in [4.78, 5) is 2.54. The van der Waals surface area contributed by atoms with Crippen LogP contribution in [0.15, 0.2) is 24.3 Å². The third kappa shape index (κ3) is 4.03. The molecule has 2 nitrogen and oxygen atoms in total. The zero-order valence-electron chi connectivity index (χ0n) is 12.8. The molecule has 1 aliphatic rings. The molecule has 1 aliphatic carbocycles. The van der Waals surface area contributed by atoms with Crippen LogP contribution in [0.5, 0.6) is 0 Å². The molecule has 2 N–H and O–H groups in total. The Hall–Kier alpha value is -0.930. The maximum absolute atomic E-state index is 13.1. The molecular formula is C17H27FN2. The molecule has 20 heavy (non-hydrogen) atoms. The molecule has 0 heterocycles. The third-order valence-corrected chi connectivity index (χ3v) is 4.05. The van der Waals surface area contributed by atoms with E-state index in [1.165, 1.54) is 31.4 Å². The summed E-state index contributed by atoms with van der Waals surface area (Å²) in [6, 6.07) is 7.75. The van der Waals surface area contributed by atoms with Crippen LogP contribution in [0.25, 0.3) is 0 Å². The minimum atomic E-state index is -0.183. The lowest BCUT2D eigenvalue weighted by Gasteiger charge is -2.35. The maximum atomic E-state index is 13.1. The Morgan fingerprint density at radius 1 is 1.20 bits per heavy atom. The molecule has 0 spiro atoms. The maximum Gasteiger partial charge on any atom is 0.123 e. The van der Waals surface area contributed by atoms with E-state index in [0.717, 1.165) is 12.1 Å². The van der Waals surface area contributed by atoms with Gasteiger partial charge in [0, 0.05) is 18.1 Å². The summed E-state index contributed by atoms with van der Waals surface area (Å²) in [7, 11) is 0. The smallest absolute Gasteiger partial charge is 0.123 e. The van der Waals surface area contributed by atoms with Crippen molar-refractivity contribution in [3.8, 4) is 0 Å². The van der Waals surface area contributed by atoms with Crippen LogP contribution in [-0.4, -0.2) is 23.5 Å². The number of hydrogen-bond acceptors (Lipinski definition) is 2. The third-order valence-electron chi connectivity index (χ3n) is 4.05. The molecular weight excluding hydrogens is 251 g/mol. The summed E-state index contributed by atoms with van der Waals surface area (Å²) < 4.78 is 13.1. The van der Waals surface area contributed by atoms with Gasteiger partial charge in [-0.05, 0) is 56.3 Å². The molecule has 2 atom stereocenters. The van der Waals surface area contributed by atoms with E-state index < -0.39 is 0 Å². The molecule has 1 aromatic rings. The Bertz CT molecular complexity index is 410. The highest BCUT2D eigenvalue weighted by atomic mass is 19.1. The lowest BCUT2D eigenvalue weighted by molar-refractivity contribution is 0.157. The van der Waals surface area contributed by atoms with Crippen molar-refractivity contribution in [2.24, 2.45) is 11.7 Å². The predicted octanol–water partition coefficient (Wildman–Crippen LogP) is 3.72. The van der Waals surface area contributed by atoms with Crippen molar-refractivity contribution in [3.63, 3.8) is 0 Å². The van der Waals surface area contributed by atoms with Gasteiger partial charge in [0.1, 0.15) is 5.82 Å². The largest absolute Gasteiger partial charge is 0.326 e. The fraction of sp³-hybridized carbons (Fsp3) is 0.647. The van der Waals surface area contributed by atoms with Crippen molar-refractivity contribution in [1.82, 2.24) is 4.90 Å². The molecule has 0 bridgehead atoms. The monoisotopic (exact) mass is 278 g/mol. The van der Waals surface area contributed by atoms with Gasteiger partial charge < -0.3 is 5.73 Å². The highest BCUT2D eigenvalue weighted by Crippen LogP contribution is 2.36. The van der Waals surface area contributed by atoms with Crippen LogP contribution >= 0.6 is 0 Å². The number of nitrogens with two attached hydrogens (primary N) is 1. The van der Waals surface area contributed by atoms with Gasteiger partial charge in [0.15, 0.2) is 0 Å². The first-order valence-electron chi connectivity index (χ1n) is 7.76. The molecule has 0 radical (unpaired) electrons. The van der Waals surface area contributed by atoms with E-state index in [1.807, 2.05) is 12.1 Å². The number of rotatable bonds is 7. The van der Waals surface area contributed by atoms with Gasteiger partial charge in [-0.15, -0.1) is 0 Å². The summed E-state index contributed by atoms with van der Waals surface area (Å²) >= 11 is 0. The van der Waals surface area contributed by atoms with Gasteiger partial charge >= 0.3 is 0 Å². The van der Waals surface area contributed by atoms with Gasteiger partial charge in [-0.3, -0.25) is 4.90 Å². The Morgan fingerprint density at radius 3 is 2.25 bits per heavy atom. The van der Waals surface area contributed by atoms with E-state index >= 15 is 0 Å². The lowest BCUT2D eigenvalue weighted by atomic mass is 9.98. The van der Waals surface area contributed by atoms with Crippen molar-refractivity contribution < 1.29 is 4.39 Å². The highest BCUT2D eigenvalue weighted by molar-refractivity contribution is 5.22. The van der Waals surface area contributed by atoms with Crippen molar-refractivity contribution >= 4 is 0 Å². The molecule has 3 heteroatoms. The molecule has 0 amide bonds. The van der Waals surface area contributed by atoms with E-state index in [4.69, 9.17) is 5.73 Å². The second-order valence-corrected chi connectivity index (χ2v) is 6.51. The average Bonchev–Trinajstić information content (AvgIpc) is 3.19. The molecule has 112 valence electrons. The Labute approximate surface area is 122 Å². The lowest BCUT2D eigenvalue weighted by Crippen LogP contribution is -2.41. The van der Waals surface area contributed by atoms with Gasteiger partial charge in [0.2, 0.25) is 0 Å². The van der Waals surface area contributed by atoms with E-state index in [2.05, 4.69) is 25.7 Å². The van der Waals surface area contributed by atoms with Crippen molar-refractivity contribution in [3.05, 3.63) is 35.6 Å². The van der Waals surface area contributed by atoms with Crippen LogP contribution in [0.3, 0.4) is 0 Å². The molecule has 0 saturated heterocycles.